The molecule has 0 aromatic rings. The average molecular weight is 492 g/mol. The molecule has 0 spiro atoms. The molecule has 35 heavy (non-hydrogen) atoms. The fourth-order valence-electron chi connectivity index (χ4n) is 8.53. The van der Waals surface area contributed by atoms with Crippen LogP contribution in [-0.4, -0.2) is 72.1 Å². The number of allylic oxidation sites excluding steroid dienone is 1. The van der Waals surface area contributed by atoms with Crippen molar-refractivity contribution in [3.05, 3.63) is 11.6 Å². The maximum Gasteiger partial charge on any atom is 0.161 e. The maximum atomic E-state index is 13.3. The molecule has 3 fully saturated rings. The van der Waals surface area contributed by atoms with Gasteiger partial charge in [-0.15, -0.1) is 0 Å². The Hall–Kier alpha value is -1.32. The first-order valence-corrected chi connectivity index (χ1v) is 13.1. The van der Waals surface area contributed by atoms with Gasteiger partial charge in [0.15, 0.2) is 11.9 Å². The van der Waals surface area contributed by atoms with Crippen molar-refractivity contribution in [3.8, 4) is 0 Å². The number of rotatable bonds is 3. The lowest BCUT2D eigenvalue weighted by molar-refractivity contribution is -0.217. The summed E-state index contributed by atoms with van der Waals surface area (Å²) in [7, 11) is 0. The number of oxime groups is 1. The first-order valence-electron chi connectivity index (χ1n) is 13.1. The van der Waals surface area contributed by atoms with Gasteiger partial charge in [0.2, 0.25) is 0 Å². The summed E-state index contributed by atoms with van der Waals surface area (Å²) in [6.07, 6.45) is 1.10. The standard InChI is InChI=1S/C27H41NO7/c1-14(2)16-11-22(35-28-16)25(5,32)20-6-7-26(33)21-12-17(29)15-10-18(30)19(31)13-24(15,4)27(21,34)9-8-23(20,26)3/h12,14-15,18-20,22,30-34H,6-11,13H2,1-5H3/t15-,18+,19-,20-,22+,23+,24-,25+,26+,27+/m0/s1. The van der Waals surface area contributed by atoms with Crippen molar-refractivity contribution in [1.82, 2.24) is 0 Å². The Morgan fingerprint density at radius 3 is 2.37 bits per heavy atom. The third-order valence-corrected chi connectivity index (χ3v) is 11.0. The van der Waals surface area contributed by atoms with E-state index in [0.29, 0.717) is 37.7 Å². The first kappa shape index (κ1) is 25.3. The Bertz CT molecular complexity index is 990. The Labute approximate surface area is 207 Å². The minimum Gasteiger partial charge on any atom is -0.390 e. The van der Waals surface area contributed by atoms with Crippen molar-refractivity contribution in [2.45, 2.75) is 115 Å². The van der Waals surface area contributed by atoms with Crippen LogP contribution in [0.4, 0.5) is 0 Å². The molecule has 0 aromatic heterocycles. The van der Waals surface area contributed by atoms with Crippen LogP contribution in [0, 0.1) is 28.6 Å². The van der Waals surface area contributed by atoms with Gasteiger partial charge in [0.05, 0.1) is 29.1 Å². The van der Waals surface area contributed by atoms with Crippen molar-refractivity contribution in [2.75, 3.05) is 0 Å². The minimum absolute atomic E-state index is 0.0809. The zero-order chi connectivity index (χ0) is 25.8. The van der Waals surface area contributed by atoms with Crippen molar-refractivity contribution in [3.63, 3.8) is 0 Å². The normalized spacial score (nSPS) is 51.1. The summed E-state index contributed by atoms with van der Waals surface area (Å²) in [5.41, 5.74) is -4.82. The third-order valence-electron chi connectivity index (χ3n) is 11.0. The lowest BCUT2D eigenvalue weighted by Gasteiger charge is -2.64. The van der Waals surface area contributed by atoms with Crippen LogP contribution in [0.25, 0.3) is 0 Å². The van der Waals surface area contributed by atoms with E-state index >= 15 is 0 Å². The summed E-state index contributed by atoms with van der Waals surface area (Å²) in [5, 5.41) is 61.3. The van der Waals surface area contributed by atoms with E-state index in [9.17, 15) is 30.3 Å². The van der Waals surface area contributed by atoms with Gasteiger partial charge in [-0.05, 0) is 68.9 Å². The van der Waals surface area contributed by atoms with Crippen molar-refractivity contribution in [2.24, 2.45) is 33.7 Å². The molecule has 5 N–H and O–H groups in total. The first-order chi connectivity index (χ1) is 16.1. The quantitative estimate of drug-likeness (QED) is 0.406. The topological polar surface area (TPSA) is 140 Å². The molecular formula is C27H41NO7. The summed E-state index contributed by atoms with van der Waals surface area (Å²) in [4.78, 5) is 19.0. The number of carbonyl (C=O) groups is 1. The lowest BCUT2D eigenvalue weighted by atomic mass is 9.43. The van der Waals surface area contributed by atoms with Gasteiger partial charge < -0.3 is 30.4 Å². The number of fused-ring (bicyclic) bond motifs is 5. The van der Waals surface area contributed by atoms with Gasteiger partial charge in [0.1, 0.15) is 5.60 Å². The van der Waals surface area contributed by atoms with Crippen LogP contribution in [-0.2, 0) is 9.63 Å². The monoisotopic (exact) mass is 491 g/mol. The second kappa shape index (κ2) is 7.60. The smallest absolute Gasteiger partial charge is 0.161 e. The van der Waals surface area contributed by atoms with Gasteiger partial charge in [-0.2, -0.15) is 0 Å². The van der Waals surface area contributed by atoms with Crippen LogP contribution in [0.2, 0.25) is 0 Å². The number of aliphatic hydroxyl groups excluding tert-OH is 2. The molecule has 8 heteroatoms. The molecule has 4 aliphatic carbocycles. The molecule has 0 saturated heterocycles. The van der Waals surface area contributed by atoms with E-state index < -0.39 is 51.9 Å². The van der Waals surface area contributed by atoms with E-state index in [1.165, 1.54) is 6.08 Å². The van der Waals surface area contributed by atoms with Gasteiger partial charge >= 0.3 is 0 Å². The molecule has 1 heterocycles. The van der Waals surface area contributed by atoms with Crippen LogP contribution >= 0.6 is 0 Å². The van der Waals surface area contributed by atoms with E-state index in [4.69, 9.17) is 4.84 Å². The lowest BCUT2D eigenvalue weighted by Crippen LogP contribution is -2.70. The SMILES string of the molecule is CC(C)C1=NO[C@@H]([C@](C)(O)[C@H]2CC[C@@]3(O)C4=CC(=O)[C@@H]5C[C@@H](O)[C@@H](O)C[C@]5(C)[C@@]4(O)CC[C@]23C)C1. The Balaban J connectivity index is 1.52. The Morgan fingerprint density at radius 1 is 1.09 bits per heavy atom. The number of aliphatic hydroxyl groups is 5. The molecule has 1 aliphatic heterocycles. The molecule has 5 rings (SSSR count). The van der Waals surface area contributed by atoms with Crippen molar-refractivity contribution in [1.29, 1.82) is 0 Å². The Kier molecular flexibility index (Phi) is 5.50. The molecule has 3 saturated carbocycles. The predicted molar refractivity (Wildman–Crippen MR) is 128 cm³/mol. The molecule has 0 aromatic carbocycles. The van der Waals surface area contributed by atoms with E-state index in [-0.39, 0.29) is 30.5 Å². The van der Waals surface area contributed by atoms with Gasteiger partial charge in [0.25, 0.3) is 0 Å². The molecule has 0 radical (unpaired) electrons. The highest BCUT2D eigenvalue weighted by molar-refractivity contribution is 5.95. The molecule has 5 aliphatic rings. The van der Waals surface area contributed by atoms with Crippen LogP contribution in [0.15, 0.2) is 16.8 Å². The van der Waals surface area contributed by atoms with Crippen LogP contribution < -0.4 is 0 Å². The number of hydrogen-bond donors (Lipinski definition) is 5. The highest BCUT2D eigenvalue weighted by atomic mass is 16.7. The summed E-state index contributed by atoms with van der Waals surface area (Å²) in [6.45, 7) is 9.60. The molecule has 0 unspecified atom stereocenters. The largest absolute Gasteiger partial charge is 0.390 e. The number of nitrogens with zero attached hydrogens (tertiary/aromatic N) is 1. The van der Waals surface area contributed by atoms with Crippen LogP contribution in [0.1, 0.15) is 79.6 Å². The number of carbonyl (C=O) groups excluding carboxylic acids is 1. The molecular weight excluding hydrogens is 450 g/mol. The fourth-order valence-corrected chi connectivity index (χ4v) is 8.53. The molecule has 196 valence electrons. The summed E-state index contributed by atoms with van der Waals surface area (Å²) < 4.78 is 0. The highest BCUT2D eigenvalue weighted by Crippen LogP contribution is 2.70. The third kappa shape index (κ3) is 3.10. The predicted octanol–water partition coefficient (Wildman–Crippen LogP) is 1.86. The second-order valence-corrected chi connectivity index (χ2v) is 13.0. The van der Waals surface area contributed by atoms with Crippen LogP contribution in [0.3, 0.4) is 0 Å². The van der Waals surface area contributed by atoms with Gasteiger partial charge in [0, 0.05) is 23.2 Å². The Morgan fingerprint density at radius 2 is 1.74 bits per heavy atom. The van der Waals surface area contributed by atoms with Gasteiger partial charge in [-0.25, -0.2) is 0 Å². The van der Waals surface area contributed by atoms with E-state index in [2.05, 4.69) is 5.16 Å². The van der Waals surface area contributed by atoms with E-state index in [0.717, 1.165) is 5.71 Å². The zero-order valence-corrected chi connectivity index (χ0v) is 21.5. The average Bonchev–Trinajstić information content (AvgIpc) is 3.37. The summed E-state index contributed by atoms with van der Waals surface area (Å²) in [5.74, 6) is -0.967. The van der Waals surface area contributed by atoms with Crippen molar-refractivity contribution >= 4 is 11.5 Å². The van der Waals surface area contributed by atoms with Gasteiger partial charge in [-0.3, -0.25) is 4.79 Å². The maximum absolute atomic E-state index is 13.3. The van der Waals surface area contributed by atoms with Crippen molar-refractivity contribution < 1.29 is 35.2 Å². The second-order valence-electron chi connectivity index (χ2n) is 13.0. The fraction of sp³-hybridized carbons (Fsp3) is 0.852. The molecule has 10 atom stereocenters. The number of ketones is 1. The van der Waals surface area contributed by atoms with Gasteiger partial charge in [-0.1, -0.05) is 32.9 Å². The molecule has 8 nitrogen and oxygen atoms in total. The molecule has 0 bridgehead atoms. The van der Waals surface area contributed by atoms with Crippen LogP contribution in [0.5, 0.6) is 0 Å². The van der Waals surface area contributed by atoms with E-state index in [1.807, 2.05) is 27.7 Å². The number of hydrogen-bond acceptors (Lipinski definition) is 8. The molecule has 0 amide bonds. The van der Waals surface area contributed by atoms with E-state index in [1.54, 1.807) is 6.92 Å². The summed E-state index contributed by atoms with van der Waals surface area (Å²) in [6, 6.07) is 0. The minimum atomic E-state index is -1.49. The summed E-state index contributed by atoms with van der Waals surface area (Å²) >= 11 is 0. The zero-order valence-electron chi connectivity index (χ0n) is 21.5. The highest BCUT2D eigenvalue weighted by Gasteiger charge is 2.73.